The molecule has 0 bridgehead atoms. The zero-order valence-corrected chi connectivity index (χ0v) is 10.8. The van der Waals surface area contributed by atoms with E-state index in [0.717, 1.165) is 15.7 Å². The van der Waals surface area contributed by atoms with Crippen molar-refractivity contribution in [1.29, 1.82) is 0 Å². The van der Waals surface area contributed by atoms with Crippen LogP contribution in [0, 0.1) is 0 Å². The SMILES string of the molecule is NCc1cc(COCc2ccccc2Br)on1. The number of benzene rings is 1. The summed E-state index contributed by atoms with van der Waals surface area (Å²) in [6, 6.07) is 9.75. The van der Waals surface area contributed by atoms with Crippen molar-refractivity contribution in [3.05, 3.63) is 51.8 Å². The van der Waals surface area contributed by atoms with E-state index in [0.29, 0.717) is 25.5 Å². The molecule has 1 aromatic heterocycles. The van der Waals surface area contributed by atoms with Crippen LogP contribution in [0.2, 0.25) is 0 Å². The van der Waals surface area contributed by atoms with E-state index in [1.54, 1.807) is 6.07 Å². The average molecular weight is 297 g/mol. The predicted octanol–water partition coefficient (Wildman–Crippen LogP) is 2.61. The van der Waals surface area contributed by atoms with Gasteiger partial charge in [-0.1, -0.05) is 39.3 Å². The fourth-order valence-electron chi connectivity index (χ4n) is 1.40. The van der Waals surface area contributed by atoms with E-state index in [4.69, 9.17) is 15.0 Å². The maximum atomic E-state index is 5.54. The van der Waals surface area contributed by atoms with E-state index in [9.17, 15) is 0 Å². The highest BCUT2D eigenvalue weighted by atomic mass is 79.9. The van der Waals surface area contributed by atoms with Crippen molar-refractivity contribution in [2.24, 2.45) is 5.73 Å². The minimum Gasteiger partial charge on any atom is -0.369 e. The third kappa shape index (κ3) is 3.39. The van der Waals surface area contributed by atoms with E-state index in [-0.39, 0.29) is 0 Å². The minimum absolute atomic E-state index is 0.383. The molecule has 90 valence electrons. The topological polar surface area (TPSA) is 61.3 Å². The van der Waals surface area contributed by atoms with Gasteiger partial charge in [0.15, 0.2) is 5.76 Å². The van der Waals surface area contributed by atoms with Gasteiger partial charge in [-0.3, -0.25) is 0 Å². The van der Waals surface area contributed by atoms with Crippen LogP contribution < -0.4 is 5.73 Å². The Hall–Kier alpha value is -1.17. The maximum absolute atomic E-state index is 5.54. The summed E-state index contributed by atoms with van der Waals surface area (Å²) in [4.78, 5) is 0. The van der Waals surface area contributed by atoms with Gasteiger partial charge >= 0.3 is 0 Å². The Morgan fingerprint density at radius 3 is 2.82 bits per heavy atom. The molecule has 0 saturated carbocycles. The molecule has 2 aromatic rings. The number of aromatic nitrogens is 1. The highest BCUT2D eigenvalue weighted by Crippen LogP contribution is 2.17. The highest BCUT2D eigenvalue weighted by molar-refractivity contribution is 9.10. The molecule has 2 N–H and O–H groups in total. The van der Waals surface area contributed by atoms with Crippen molar-refractivity contribution in [1.82, 2.24) is 5.16 Å². The molecule has 0 radical (unpaired) electrons. The molecule has 1 heterocycles. The lowest BCUT2D eigenvalue weighted by Crippen LogP contribution is -1.95. The molecule has 0 amide bonds. The molecule has 0 atom stereocenters. The summed E-state index contributed by atoms with van der Waals surface area (Å²) in [7, 11) is 0. The lowest BCUT2D eigenvalue weighted by atomic mass is 10.2. The van der Waals surface area contributed by atoms with Crippen molar-refractivity contribution in [2.45, 2.75) is 19.8 Å². The number of hydrogen-bond acceptors (Lipinski definition) is 4. The Labute approximate surface area is 108 Å². The molecule has 1 aromatic carbocycles. The predicted molar refractivity (Wildman–Crippen MR) is 67.0 cm³/mol. The van der Waals surface area contributed by atoms with Crippen LogP contribution in [-0.2, 0) is 24.5 Å². The highest BCUT2D eigenvalue weighted by Gasteiger charge is 2.04. The smallest absolute Gasteiger partial charge is 0.162 e. The molecule has 0 fully saturated rings. The normalized spacial score (nSPS) is 10.7. The number of rotatable bonds is 5. The first-order valence-corrected chi connectivity index (χ1v) is 6.04. The lowest BCUT2D eigenvalue weighted by Gasteiger charge is -2.03. The molecule has 0 saturated heterocycles. The van der Waals surface area contributed by atoms with Crippen molar-refractivity contribution in [3.63, 3.8) is 0 Å². The molecule has 0 aliphatic rings. The monoisotopic (exact) mass is 296 g/mol. The first-order valence-electron chi connectivity index (χ1n) is 5.25. The van der Waals surface area contributed by atoms with E-state index < -0.39 is 0 Å². The summed E-state index contributed by atoms with van der Waals surface area (Å²) in [5.74, 6) is 0.692. The van der Waals surface area contributed by atoms with Crippen molar-refractivity contribution in [3.8, 4) is 0 Å². The van der Waals surface area contributed by atoms with Crippen LogP contribution >= 0.6 is 15.9 Å². The summed E-state index contributed by atoms with van der Waals surface area (Å²) in [6.45, 7) is 1.31. The molecule has 0 unspecified atom stereocenters. The molecular weight excluding hydrogens is 284 g/mol. The minimum atomic E-state index is 0.383. The van der Waals surface area contributed by atoms with Crippen LogP contribution in [0.1, 0.15) is 17.0 Å². The summed E-state index contributed by atoms with van der Waals surface area (Å²) in [6.07, 6.45) is 0. The molecule has 17 heavy (non-hydrogen) atoms. The van der Waals surface area contributed by atoms with E-state index in [1.807, 2.05) is 24.3 Å². The Bertz CT molecular complexity index is 485. The molecular formula is C12H13BrN2O2. The van der Waals surface area contributed by atoms with E-state index in [2.05, 4.69) is 21.1 Å². The summed E-state index contributed by atoms with van der Waals surface area (Å²) >= 11 is 3.47. The Morgan fingerprint density at radius 1 is 1.29 bits per heavy atom. The van der Waals surface area contributed by atoms with Crippen LogP contribution in [0.15, 0.2) is 39.3 Å². The Balaban J connectivity index is 1.85. The van der Waals surface area contributed by atoms with Crippen molar-refractivity contribution >= 4 is 15.9 Å². The van der Waals surface area contributed by atoms with Gasteiger partial charge in [0.1, 0.15) is 6.61 Å². The van der Waals surface area contributed by atoms with Gasteiger partial charge in [-0.15, -0.1) is 0 Å². The van der Waals surface area contributed by atoms with Gasteiger partial charge in [0.05, 0.1) is 12.3 Å². The number of hydrogen-bond donors (Lipinski definition) is 1. The third-order valence-electron chi connectivity index (χ3n) is 2.28. The first kappa shape index (κ1) is 12.3. The largest absolute Gasteiger partial charge is 0.369 e. The van der Waals surface area contributed by atoms with Crippen LogP contribution in [0.3, 0.4) is 0 Å². The summed E-state index contributed by atoms with van der Waals surface area (Å²) in [5, 5.41) is 3.79. The number of nitrogens with zero attached hydrogens (tertiary/aromatic N) is 1. The Kier molecular flexibility index (Phi) is 4.30. The van der Waals surface area contributed by atoms with E-state index in [1.165, 1.54) is 0 Å². The molecule has 2 rings (SSSR count). The fourth-order valence-corrected chi connectivity index (χ4v) is 1.80. The standard InChI is InChI=1S/C12H13BrN2O2/c13-12-4-2-1-3-9(12)7-16-8-11-5-10(6-14)15-17-11/h1-5H,6-8,14H2. The average Bonchev–Trinajstić information content (AvgIpc) is 2.80. The van der Waals surface area contributed by atoms with Crippen molar-refractivity contribution < 1.29 is 9.26 Å². The van der Waals surface area contributed by atoms with Gasteiger partial charge in [-0.2, -0.15) is 0 Å². The lowest BCUT2D eigenvalue weighted by molar-refractivity contribution is 0.0880. The first-order chi connectivity index (χ1) is 8.29. The molecule has 5 heteroatoms. The van der Waals surface area contributed by atoms with Crippen LogP contribution in [0.25, 0.3) is 0 Å². The summed E-state index contributed by atoms with van der Waals surface area (Å²) in [5.41, 5.74) is 7.28. The zero-order valence-electron chi connectivity index (χ0n) is 9.23. The van der Waals surface area contributed by atoms with Crippen LogP contribution in [0.4, 0.5) is 0 Å². The zero-order chi connectivity index (χ0) is 12.1. The number of halogens is 1. The van der Waals surface area contributed by atoms with Gasteiger partial charge in [0, 0.05) is 17.1 Å². The van der Waals surface area contributed by atoms with Gasteiger partial charge in [-0.25, -0.2) is 0 Å². The maximum Gasteiger partial charge on any atom is 0.162 e. The van der Waals surface area contributed by atoms with Crippen LogP contribution in [-0.4, -0.2) is 5.16 Å². The number of nitrogens with two attached hydrogens (primary N) is 1. The second-order valence-electron chi connectivity index (χ2n) is 3.57. The van der Waals surface area contributed by atoms with Crippen molar-refractivity contribution in [2.75, 3.05) is 0 Å². The molecule has 0 aliphatic carbocycles. The fraction of sp³-hybridized carbons (Fsp3) is 0.250. The molecule has 4 nitrogen and oxygen atoms in total. The Morgan fingerprint density at radius 2 is 2.12 bits per heavy atom. The number of ether oxygens (including phenoxy) is 1. The second-order valence-corrected chi connectivity index (χ2v) is 4.43. The van der Waals surface area contributed by atoms with Gasteiger partial charge < -0.3 is 15.0 Å². The summed E-state index contributed by atoms with van der Waals surface area (Å²) < 4.78 is 11.6. The third-order valence-corrected chi connectivity index (χ3v) is 3.05. The van der Waals surface area contributed by atoms with Gasteiger partial charge in [0.25, 0.3) is 0 Å². The van der Waals surface area contributed by atoms with Gasteiger partial charge in [0.2, 0.25) is 0 Å². The molecule has 0 aliphatic heterocycles. The molecule has 0 spiro atoms. The quantitative estimate of drug-likeness (QED) is 0.921. The second kappa shape index (κ2) is 5.95. The van der Waals surface area contributed by atoms with Gasteiger partial charge in [-0.05, 0) is 11.6 Å². The van der Waals surface area contributed by atoms with Crippen LogP contribution in [0.5, 0.6) is 0 Å². The van der Waals surface area contributed by atoms with E-state index >= 15 is 0 Å².